The van der Waals surface area contributed by atoms with Crippen LogP contribution in [0.4, 0.5) is 11.5 Å². The number of nitrogens with one attached hydrogen (secondary N) is 1. The van der Waals surface area contributed by atoms with E-state index >= 15 is 0 Å². The Morgan fingerprint density at radius 1 is 0.914 bits per heavy atom. The highest BCUT2D eigenvalue weighted by Crippen LogP contribution is 2.25. The van der Waals surface area contributed by atoms with Crippen LogP contribution in [0.5, 0.6) is 0 Å². The predicted molar refractivity (Wildman–Crippen MR) is 141 cm³/mol. The van der Waals surface area contributed by atoms with E-state index in [4.69, 9.17) is 9.97 Å². The van der Waals surface area contributed by atoms with Gasteiger partial charge in [-0.2, -0.15) is 0 Å². The number of nitrogens with zero attached hydrogens (tertiary/aromatic N) is 7. The van der Waals surface area contributed by atoms with E-state index in [9.17, 15) is 0 Å². The minimum absolute atomic E-state index is 0.621. The molecule has 3 aromatic heterocycles. The van der Waals surface area contributed by atoms with Crippen molar-refractivity contribution in [1.82, 2.24) is 29.8 Å². The summed E-state index contributed by atoms with van der Waals surface area (Å²) in [5.74, 6) is 1.40. The molecule has 0 saturated carbocycles. The van der Waals surface area contributed by atoms with Gasteiger partial charge in [-0.05, 0) is 69.1 Å². The van der Waals surface area contributed by atoms with Crippen LogP contribution in [-0.2, 0) is 6.42 Å². The number of hydrogen-bond acceptors (Lipinski definition) is 8. The summed E-state index contributed by atoms with van der Waals surface area (Å²) in [7, 11) is 2.18. The van der Waals surface area contributed by atoms with Crippen molar-refractivity contribution in [2.45, 2.75) is 26.2 Å². The lowest BCUT2D eigenvalue weighted by atomic mass is 10.1. The molecule has 4 aromatic rings. The summed E-state index contributed by atoms with van der Waals surface area (Å²) < 4.78 is 0. The lowest BCUT2D eigenvalue weighted by Crippen LogP contribution is -2.44. The molecule has 1 aliphatic rings. The summed E-state index contributed by atoms with van der Waals surface area (Å²) in [6.07, 6.45) is 8.63. The Kier molecular flexibility index (Phi) is 7.09. The molecule has 8 nitrogen and oxygen atoms in total. The average Bonchev–Trinajstić information content (AvgIpc) is 2.89. The summed E-state index contributed by atoms with van der Waals surface area (Å²) in [6.45, 7) is 7.02. The number of unbranched alkanes of at least 4 members (excludes halogenated alkanes) is 1. The van der Waals surface area contributed by atoms with E-state index in [1.807, 2.05) is 25.4 Å². The summed E-state index contributed by atoms with van der Waals surface area (Å²) >= 11 is 0. The molecule has 0 spiro atoms. The number of benzene rings is 1. The van der Waals surface area contributed by atoms with Crippen LogP contribution in [0.15, 0.2) is 55.0 Å². The summed E-state index contributed by atoms with van der Waals surface area (Å²) in [6, 6.07) is 12.7. The van der Waals surface area contributed by atoms with E-state index in [2.05, 4.69) is 67.4 Å². The van der Waals surface area contributed by atoms with Gasteiger partial charge in [0.05, 0.1) is 5.69 Å². The number of aromatic nitrogens is 5. The molecule has 1 saturated heterocycles. The molecule has 5 rings (SSSR count). The Morgan fingerprint density at radius 3 is 2.51 bits per heavy atom. The van der Waals surface area contributed by atoms with Gasteiger partial charge in [-0.1, -0.05) is 6.07 Å². The van der Waals surface area contributed by atoms with Gasteiger partial charge in [-0.15, -0.1) is 0 Å². The van der Waals surface area contributed by atoms with E-state index < -0.39 is 0 Å². The molecule has 1 aliphatic heterocycles. The van der Waals surface area contributed by atoms with Gasteiger partial charge in [0.1, 0.15) is 5.52 Å². The van der Waals surface area contributed by atoms with E-state index in [-0.39, 0.29) is 0 Å². The normalized spacial score (nSPS) is 14.4. The van der Waals surface area contributed by atoms with Gasteiger partial charge in [0.25, 0.3) is 0 Å². The topological polar surface area (TPSA) is 83.0 Å². The lowest BCUT2D eigenvalue weighted by molar-refractivity contribution is 0.313. The number of likely N-dealkylation sites (N-methyl/N-ethyl adjacent to an activating group) is 1. The molecule has 1 fully saturated rings. The number of fused-ring (bicyclic) bond motifs is 1. The van der Waals surface area contributed by atoms with Crippen LogP contribution < -0.4 is 10.2 Å². The fourth-order valence-corrected chi connectivity index (χ4v) is 4.34. The standard InChI is InChI=1S/C27H32N8/c1-20-18-30-24-26(29-13-4-3-6-21-7-5-12-28-19-21)32-25(33-27(24)31-20)22-8-10-23(11-9-22)35-16-14-34(2)15-17-35/h5,7-12,18-19H,3-4,6,13-17H2,1-2H3,(H,29,31,32,33). The first-order chi connectivity index (χ1) is 17.2. The molecule has 0 atom stereocenters. The first-order valence-electron chi connectivity index (χ1n) is 12.3. The fourth-order valence-electron chi connectivity index (χ4n) is 4.34. The molecule has 4 heterocycles. The quantitative estimate of drug-likeness (QED) is 0.389. The third-order valence-corrected chi connectivity index (χ3v) is 6.43. The Hall–Kier alpha value is -3.65. The summed E-state index contributed by atoms with van der Waals surface area (Å²) in [4.78, 5) is 27.8. The number of rotatable bonds is 8. The Labute approximate surface area is 206 Å². The zero-order valence-electron chi connectivity index (χ0n) is 20.5. The van der Waals surface area contributed by atoms with E-state index in [0.717, 1.165) is 69.1 Å². The van der Waals surface area contributed by atoms with Crippen molar-refractivity contribution in [2.75, 3.05) is 50.0 Å². The molecule has 0 unspecified atom stereocenters. The number of piperazine rings is 1. The van der Waals surface area contributed by atoms with Crippen molar-refractivity contribution in [3.8, 4) is 11.4 Å². The highest BCUT2D eigenvalue weighted by atomic mass is 15.2. The molecule has 0 bridgehead atoms. The second-order valence-corrected chi connectivity index (χ2v) is 9.16. The second kappa shape index (κ2) is 10.7. The smallest absolute Gasteiger partial charge is 0.184 e. The molecule has 180 valence electrons. The predicted octanol–water partition coefficient (Wildman–Crippen LogP) is 3.98. The molecule has 8 heteroatoms. The van der Waals surface area contributed by atoms with Crippen molar-refractivity contribution in [2.24, 2.45) is 0 Å². The number of aryl methyl sites for hydroxylation is 2. The molecular formula is C27H32N8. The summed E-state index contributed by atoms with van der Waals surface area (Å²) in [5.41, 5.74) is 5.66. The number of anilines is 2. The summed E-state index contributed by atoms with van der Waals surface area (Å²) in [5, 5.41) is 3.49. The lowest BCUT2D eigenvalue weighted by Gasteiger charge is -2.34. The maximum Gasteiger partial charge on any atom is 0.184 e. The van der Waals surface area contributed by atoms with Gasteiger partial charge in [-0.3, -0.25) is 4.98 Å². The van der Waals surface area contributed by atoms with Crippen LogP contribution >= 0.6 is 0 Å². The van der Waals surface area contributed by atoms with E-state index in [1.54, 1.807) is 6.20 Å². The SMILES string of the molecule is Cc1cnc2c(NCCCCc3cccnc3)nc(-c3ccc(N4CCN(C)CC4)cc3)nc2n1. The number of hydrogen-bond donors (Lipinski definition) is 1. The first kappa shape index (κ1) is 23.1. The van der Waals surface area contributed by atoms with Crippen LogP contribution in [0.25, 0.3) is 22.6 Å². The Balaban J connectivity index is 1.31. The van der Waals surface area contributed by atoms with E-state index in [1.165, 1.54) is 11.3 Å². The average molecular weight is 469 g/mol. The zero-order chi connectivity index (χ0) is 24.0. The monoisotopic (exact) mass is 468 g/mol. The Morgan fingerprint density at radius 2 is 1.74 bits per heavy atom. The molecule has 1 N–H and O–H groups in total. The molecule has 0 aliphatic carbocycles. The number of pyridine rings is 1. The highest BCUT2D eigenvalue weighted by Gasteiger charge is 2.16. The largest absolute Gasteiger partial charge is 0.369 e. The van der Waals surface area contributed by atoms with Gasteiger partial charge in [0, 0.05) is 62.6 Å². The van der Waals surface area contributed by atoms with Crippen LogP contribution in [0.3, 0.4) is 0 Å². The minimum Gasteiger partial charge on any atom is -0.369 e. The minimum atomic E-state index is 0.621. The fraction of sp³-hybridized carbons (Fsp3) is 0.370. The van der Waals surface area contributed by atoms with Gasteiger partial charge >= 0.3 is 0 Å². The van der Waals surface area contributed by atoms with Crippen molar-refractivity contribution in [3.63, 3.8) is 0 Å². The molecular weight excluding hydrogens is 436 g/mol. The maximum absolute atomic E-state index is 4.85. The zero-order valence-corrected chi connectivity index (χ0v) is 20.5. The molecule has 1 aromatic carbocycles. The molecule has 35 heavy (non-hydrogen) atoms. The van der Waals surface area contributed by atoms with Gasteiger partial charge in [-0.25, -0.2) is 19.9 Å². The third-order valence-electron chi connectivity index (χ3n) is 6.43. The highest BCUT2D eigenvalue weighted by molar-refractivity contribution is 5.84. The first-order valence-corrected chi connectivity index (χ1v) is 12.3. The van der Waals surface area contributed by atoms with Crippen LogP contribution in [0, 0.1) is 6.92 Å². The van der Waals surface area contributed by atoms with Crippen LogP contribution in [0.1, 0.15) is 24.1 Å². The molecule has 0 amide bonds. The Bertz CT molecular complexity index is 1250. The van der Waals surface area contributed by atoms with Crippen molar-refractivity contribution in [1.29, 1.82) is 0 Å². The van der Waals surface area contributed by atoms with Crippen molar-refractivity contribution >= 4 is 22.7 Å². The van der Waals surface area contributed by atoms with Crippen molar-refractivity contribution in [3.05, 3.63) is 66.2 Å². The van der Waals surface area contributed by atoms with Crippen LogP contribution in [-0.4, -0.2) is 69.6 Å². The van der Waals surface area contributed by atoms with Gasteiger partial charge in [0.2, 0.25) is 0 Å². The van der Waals surface area contributed by atoms with Crippen LogP contribution in [0.2, 0.25) is 0 Å². The van der Waals surface area contributed by atoms with Gasteiger partial charge in [0.15, 0.2) is 17.3 Å². The molecule has 0 radical (unpaired) electrons. The maximum atomic E-state index is 4.85. The van der Waals surface area contributed by atoms with Crippen molar-refractivity contribution < 1.29 is 0 Å². The third kappa shape index (κ3) is 5.71. The van der Waals surface area contributed by atoms with E-state index in [0.29, 0.717) is 17.0 Å². The second-order valence-electron chi connectivity index (χ2n) is 9.16. The van der Waals surface area contributed by atoms with Gasteiger partial charge < -0.3 is 15.1 Å².